The fourth-order valence-electron chi connectivity index (χ4n) is 5.04. The molecular formula is C31H27N3O5S2. The number of thioether (sulfide) groups is 1. The van der Waals surface area contributed by atoms with Gasteiger partial charge in [-0.15, -0.1) is 10.2 Å². The molecule has 0 aliphatic carbocycles. The smallest absolute Gasteiger partial charge is 0.301 e. The highest BCUT2D eigenvalue weighted by Gasteiger charge is 2.48. The van der Waals surface area contributed by atoms with E-state index >= 15 is 0 Å². The van der Waals surface area contributed by atoms with Crippen molar-refractivity contribution in [1.29, 1.82) is 0 Å². The molecule has 3 heterocycles. The Hall–Kier alpha value is -4.15. The standard InChI is InChI=1S/C31H27N3O5S2/c1-17-4-6-19(7-5-17)16-40-31-33-32-30(41-31)34-26(20-8-11-23(38-3)12-9-20)25(28(36)29(34)37)27(35)21-10-13-24-22(15-21)14-18(2)39-24/h4-13,15,18,26,35H,14,16H2,1-3H3. The highest BCUT2D eigenvalue weighted by molar-refractivity contribution is 8.00. The third kappa shape index (κ3) is 5.20. The molecule has 8 nitrogen and oxygen atoms in total. The third-order valence-corrected chi connectivity index (χ3v) is 9.26. The number of rotatable bonds is 7. The Balaban J connectivity index is 1.38. The van der Waals surface area contributed by atoms with Gasteiger partial charge in [0.25, 0.3) is 5.78 Å². The molecule has 41 heavy (non-hydrogen) atoms. The van der Waals surface area contributed by atoms with Gasteiger partial charge in [-0.25, -0.2) is 0 Å². The summed E-state index contributed by atoms with van der Waals surface area (Å²) in [7, 11) is 1.57. The summed E-state index contributed by atoms with van der Waals surface area (Å²) in [5.41, 5.74) is 4.35. The van der Waals surface area contributed by atoms with Gasteiger partial charge in [-0.1, -0.05) is 65.1 Å². The number of Topliss-reactive ketones (excluding diaryl/α,β-unsaturated/α-hetero) is 1. The van der Waals surface area contributed by atoms with Crippen molar-refractivity contribution in [3.8, 4) is 11.5 Å². The van der Waals surface area contributed by atoms with E-state index < -0.39 is 17.7 Å². The van der Waals surface area contributed by atoms with Gasteiger partial charge in [-0.3, -0.25) is 14.5 Å². The van der Waals surface area contributed by atoms with E-state index in [2.05, 4.69) is 34.5 Å². The molecule has 0 saturated carbocycles. The number of carbonyl (C=O) groups excluding carboxylic acids is 2. The number of ketones is 1. The van der Waals surface area contributed by atoms with Crippen LogP contribution >= 0.6 is 23.1 Å². The van der Waals surface area contributed by atoms with Crippen molar-refractivity contribution >= 4 is 45.7 Å². The number of nitrogens with zero attached hydrogens (tertiary/aromatic N) is 3. The number of aliphatic hydroxyl groups excluding tert-OH is 1. The van der Waals surface area contributed by atoms with Gasteiger partial charge in [-0.2, -0.15) is 0 Å². The molecule has 10 heteroatoms. The molecule has 4 aromatic rings. The molecule has 2 aliphatic heterocycles. The molecule has 0 radical (unpaired) electrons. The first-order valence-electron chi connectivity index (χ1n) is 13.1. The molecule has 2 aliphatic rings. The van der Waals surface area contributed by atoms with Gasteiger partial charge in [0.15, 0.2) is 4.34 Å². The van der Waals surface area contributed by atoms with Crippen molar-refractivity contribution in [3.63, 3.8) is 0 Å². The van der Waals surface area contributed by atoms with E-state index in [-0.39, 0.29) is 22.6 Å². The fourth-order valence-corrected chi connectivity index (χ4v) is 6.87. The van der Waals surface area contributed by atoms with Crippen molar-refractivity contribution in [1.82, 2.24) is 10.2 Å². The van der Waals surface area contributed by atoms with Gasteiger partial charge in [-0.05, 0) is 60.9 Å². The van der Waals surface area contributed by atoms with Crippen LogP contribution in [-0.2, 0) is 21.8 Å². The van der Waals surface area contributed by atoms with Gasteiger partial charge >= 0.3 is 5.91 Å². The molecule has 2 unspecified atom stereocenters. The second-order valence-corrected chi connectivity index (χ2v) is 12.2. The Kier molecular flexibility index (Phi) is 7.27. The van der Waals surface area contributed by atoms with Gasteiger partial charge in [0.1, 0.15) is 23.4 Å². The number of fused-ring (bicyclic) bond motifs is 1. The van der Waals surface area contributed by atoms with Gasteiger partial charge in [0, 0.05) is 17.7 Å². The second kappa shape index (κ2) is 11.0. The Morgan fingerprint density at radius 3 is 2.59 bits per heavy atom. The molecule has 1 aromatic heterocycles. The topological polar surface area (TPSA) is 102 Å². The number of aryl methyl sites for hydroxylation is 1. The Bertz CT molecular complexity index is 1660. The first-order valence-corrected chi connectivity index (χ1v) is 14.9. The molecule has 3 aromatic carbocycles. The maximum Gasteiger partial charge on any atom is 0.301 e. The Morgan fingerprint density at radius 1 is 1.10 bits per heavy atom. The van der Waals surface area contributed by atoms with Crippen LogP contribution in [0.25, 0.3) is 5.76 Å². The van der Waals surface area contributed by atoms with Crippen molar-refractivity contribution in [2.75, 3.05) is 12.0 Å². The number of aromatic nitrogens is 2. The van der Waals surface area contributed by atoms with Crippen molar-refractivity contribution < 1.29 is 24.2 Å². The largest absolute Gasteiger partial charge is 0.507 e. The normalized spacial score (nSPS) is 19.3. The van der Waals surface area contributed by atoms with Crippen LogP contribution in [0.2, 0.25) is 0 Å². The summed E-state index contributed by atoms with van der Waals surface area (Å²) in [5.74, 6) is 0.285. The average molecular weight is 586 g/mol. The summed E-state index contributed by atoms with van der Waals surface area (Å²) in [6.07, 6.45) is 0.725. The second-order valence-electron chi connectivity index (χ2n) is 10.0. The number of ether oxygens (including phenoxy) is 2. The molecule has 6 rings (SSSR count). The first-order chi connectivity index (χ1) is 19.8. The highest BCUT2D eigenvalue weighted by Crippen LogP contribution is 2.45. The van der Waals surface area contributed by atoms with E-state index in [1.165, 1.54) is 33.6 Å². The lowest BCUT2D eigenvalue weighted by molar-refractivity contribution is -0.132. The predicted octanol–water partition coefficient (Wildman–Crippen LogP) is 6.10. The van der Waals surface area contributed by atoms with Crippen molar-refractivity contribution in [2.24, 2.45) is 0 Å². The van der Waals surface area contributed by atoms with E-state index in [1.807, 2.05) is 19.9 Å². The average Bonchev–Trinajstić information content (AvgIpc) is 3.67. The Labute approximate surface area is 245 Å². The molecule has 1 saturated heterocycles. The lowest BCUT2D eigenvalue weighted by Gasteiger charge is -2.22. The minimum Gasteiger partial charge on any atom is -0.507 e. The quantitative estimate of drug-likeness (QED) is 0.0913. The summed E-state index contributed by atoms with van der Waals surface area (Å²) in [4.78, 5) is 28.4. The molecule has 0 spiro atoms. The Morgan fingerprint density at radius 2 is 1.85 bits per heavy atom. The monoisotopic (exact) mass is 585 g/mol. The van der Waals surface area contributed by atoms with Gasteiger partial charge < -0.3 is 14.6 Å². The molecule has 1 N–H and O–H groups in total. The number of carbonyl (C=O) groups is 2. The summed E-state index contributed by atoms with van der Waals surface area (Å²) in [6.45, 7) is 4.02. The molecule has 1 amide bonds. The van der Waals surface area contributed by atoms with Crippen LogP contribution in [0.4, 0.5) is 5.13 Å². The van der Waals surface area contributed by atoms with Gasteiger partial charge in [0.05, 0.1) is 18.7 Å². The lowest BCUT2D eigenvalue weighted by Crippen LogP contribution is -2.29. The van der Waals surface area contributed by atoms with Crippen molar-refractivity contribution in [2.45, 2.75) is 42.5 Å². The summed E-state index contributed by atoms with van der Waals surface area (Å²) >= 11 is 2.75. The summed E-state index contributed by atoms with van der Waals surface area (Å²) in [6, 6.07) is 19.7. The number of benzene rings is 3. The van der Waals surface area contributed by atoms with Crippen LogP contribution < -0.4 is 14.4 Å². The third-order valence-electron chi connectivity index (χ3n) is 7.13. The zero-order valence-electron chi connectivity index (χ0n) is 22.7. The molecular weight excluding hydrogens is 558 g/mol. The number of hydrogen-bond donors (Lipinski definition) is 1. The van der Waals surface area contributed by atoms with E-state index in [0.717, 1.165) is 16.9 Å². The maximum absolute atomic E-state index is 13.5. The number of amides is 1. The van der Waals surface area contributed by atoms with E-state index in [4.69, 9.17) is 9.47 Å². The fraction of sp³-hybridized carbons (Fsp3) is 0.226. The van der Waals surface area contributed by atoms with Crippen LogP contribution in [0.15, 0.2) is 76.6 Å². The predicted molar refractivity (Wildman–Crippen MR) is 159 cm³/mol. The van der Waals surface area contributed by atoms with Crippen LogP contribution in [0.5, 0.6) is 11.5 Å². The summed E-state index contributed by atoms with van der Waals surface area (Å²) < 4.78 is 11.8. The van der Waals surface area contributed by atoms with E-state index in [1.54, 1.807) is 43.5 Å². The van der Waals surface area contributed by atoms with Crippen LogP contribution in [-0.4, -0.2) is 40.2 Å². The first kappa shape index (κ1) is 27.0. The minimum absolute atomic E-state index is 0.00357. The molecule has 2 atom stereocenters. The SMILES string of the molecule is COc1ccc(C2C(=C(O)c3ccc4c(c3)CC(C)O4)C(=O)C(=O)N2c2nnc(SCc3ccc(C)cc3)s2)cc1. The summed E-state index contributed by atoms with van der Waals surface area (Å²) in [5, 5.41) is 20.4. The van der Waals surface area contributed by atoms with Crippen LogP contribution in [0, 0.1) is 6.92 Å². The molecule has 1 fully saturated rings. The van der Waals surface area contributed by atoms with Gasteiger partial charge in [0.2, 0.25) is 5.13 Å². The minimum atomic E-state index is -0.896. The number of anilines is 1. The van der Waals surface area contributed by atoms with Crippen LogP contribution in [0.3, 0.4) is 0 Å². The zero-order valence-corrected chi connectivity index (χ0v) is 24.3. The van der Waals surface area contributed by atoms with E-state index in [0.29, 0.717) is 33.4 Å². The zero-order chi connectivity index (χ0) is 28.7. The van der Waals surface area contributed by atoms with Crippen molar-refractivity contribution in [3.05, 3.63) is 100 Å². The maximum atomic E-state index is 13.5. The highest BCUT2D eigenvalue weighted by atomic mass is 32.2. The number of hydrogen-bond acceptors (Lipinski definition) is 9. The molecule has 0 bridgehead atoms. The lowest BCUT2D eigenvalue weighted by atomic mass is 9.94. The van der Waals surface area contributed by atoms with Crippen LogP contribution in [0.1, 0.15) is 40.8 Å². The number of methoxy groups -OCH3 is 1. The number of aliphatic hydroxyl groups is 1. The molecule has 208 valence electrons. The van der Waals surface area contributed by atoms with E-state index in [9.17, 15) is 14.7 Å².